The van der Waals surface area contributed by atoms with E-state index in [4.69, 9.17) is 8.83 Å². The number of hydrogen-bond donors (Lipinski definition) is 1. The lowest BCUT2D eigenvalue weighted by atomic mass is 9.93. The molecule has 0 fully saturated rings. The minimum absolute atomic E-state index is 0.409. The summed E-state index contributed by atoms with van der Waals surface area (Å²) in [5.74, 6) is 2.24. The van der Waals surface area contributed by atoms with Crippen LogP contribution < -0.4 is 0 Å². The Balaban J connectivity index is 1.77. The van der Waals surface area contributed by atoms with Gasteiger partial charge < -0.3 is 13.9 Å². The van der Waals surface area contributed by atoms with Crippen molar-refractivity contribution in [1.82, 2.24) is 4.90 Å². The summed E-state index contributed by atoms with van der Waals surface area (Å²) in [6.07, 6.45) is 5.90. The molecule has 4 nitrogen and oxygen atoms in total. The monoisotopic (exact) mass is 377 g/mol. The lowest BCUT2D eigenvalue weighted by molar-refractivity contribution is 0.0185. The fourth-order valence-corrected chi connectivity index (χ4v) is 3.33. The van der Waals surface area contributed by atoms with E-state index in [1.807, 2.05) is 42.5 Å². The maximum Gasteiger partial charge on any atom is 0.136 e. The lowest BCUT2D eigenvalue weighted by Gasteiger charge is -2.23. The van der Waals surface area contributed by atoms with Gasteiger partial charge in [0.15, 0.2) is 0 Å². The topological polar surface area (TPSA) is 49.8 Å². The van der Waals surface area contributed by atoms with Gasteiger partial charge in [0.05, 0.1) is 19.4 Å². The number of furan rings is 2. The van der Waals surface area contributed by atoms with Gasteiger partial charge in [0.2, 0.25) is 0 Å². The first-order chi connectivity index (χ1) is 13.6. The van der Waals surface area contributed by atoms with E-state index in [-0.39, 0.29) is 0 Å². The first-order valence-electron chi connectivity index (χ1n) is 9.45. The molecule has 146 valence electrons. The highest BCUT2D eigenvalue weighted by atomic mass is 16.4. The Labute approximate surface area is 166 Å². The molecule has 0 amide bonds. The molecule has 2 aromatic heterocycles. The fraction of sp³-hybridized carbons (Fsp3) is 0.250. The molecule has 0 saturated heterocycles. The molecule has 3 aromatic rings. The van der Waals surface area contributed by atoms with Gasteiger partial charge in [-0.05, 0) is 29.8 Å². The van der Waals surface area contributed by atoms with Gasteiger partial charge in [-0.3, -0.25) is 4.90 Å². The predicted molar refractivity (Wildman–Crippen MR) is 110 cm³/mol. The molecule has 0 atom stereocenters. The molecule has 0 spiro atoms. The zero-order valence-electron chi connectivity index (χ0n) is 16.1. The van der Waals surface area contributed by atoms with Crippen LogP contribution in [0.4, 0.5) is 0 Å². The summed E-state index contributed by atoms with van der Waals surface area (Å²) in [6, 6.07) is 17.9. The van der Waals surface area contributed by atoms with E-state index in [1.165, 1.54) is 5.56 Å². The van der Waals surface area contributed by atoms with Crippen LogP contribution in [0.5, 0.6) is 0 Å². The Morgan fingerprint density at radius 2 is 1.57 bits per heavy atom. The molecule has 28 heavy (non-hydrogen) atoms. The largest absolute Gasteiger partial charge is 0.468 e. The molecule has 2 heterocycles. The normalized spacial score (nSPS) is 11.6. The van der Waals surface area contributed by atoms with Crippen molar-refractivity contribution in [3.63, 3.8) is 0 Å². The summed E-state index contributed by atoms with van der Waals surface area (Å²) in [4.78, 5) is 2.25. The van der Waals surface area contributed by atoms with Gasteiger partial charge in [0, 0.05) is 19.4 Å². The number of benzene rings is 1. The van der Waals surface area contributed by atoms with Crippen molar-refractivity contribution < 1.29 is 13.9 Å². The van der Waals surface area contributed by atoms with Crippen LogP contribution in [0, 0.1) is 0 Å². The number of hydrogen-bond acceptors (Lipinski definition) is 4. The summed E-state index contributed by atoms with van der Waals surface area (Å²) >= 11 is 0. The van der Waals surface area contributed by atoms with Crippen LogP contribution >= 0.6 is 0 Å². The number of aliphatic hydroxyl groups is 1. The predicted octanol–water partition coefficient (Wildman–Crippen LogP) is 5.41. The third-order valence-corrected chi connectivity index (χ3v) is 4.67. The number of nitrogens with zero attached hydrogens (tertiary/aromatic N) is 1. The van der Waals surface area contributed by atoms with Gasteiger partial charge in [-0.1, -0.05) is 42.5 Å². The second-order valence-corrected chi connectivity index (χ2v) is 6.99. The maximum absolute atomic E-state index is 10.9. The van der Waals surface area contributed by atoms with Crippen molar-refractivity contribution in [2.24, 2.45) is 0 Å². The molecule has 0 aliphatic heterocycles. The van der Waals surface area contributed by atoms with Crippen LogP contribution in [0.25, 0.3) is 0 Å². The first kappa shape index (κ1) is 19.9. The molecule has 0 aliphatic carbocycles. The molecule has 0 bridgehead atoms. The van der Waals surface area contributed by atoms with E-state index in [1.54, 1.807) is 18.4 Å². The van der Waals surface area contributed by atoms with E-state index in [0.29, 0.717) is 31.7 Å². The van der Waals surface area contributed by atoms with Crippen molar-refractivity contribution >= 4 is 0 Å². The smallest absolute Gasteiger partial charge is 0.136 e. The van der Waals surface area contributed by atoms with Gasteiger partial charge in [-0.25, -0.2) is 0 Å². The third kappa shape index (κ3) is 5.12. The first-order valence-corrected chi connectivity index (χ1v) is 9.45. The van der Waals surface area contributed by atoms with Crippen molar-refractivity contribution in [2.45, 2.75) is 38.1 Å². The van der Waals surface area contributed by atoms with Crippen molar-refractivity contribution in [3.8, 4) is 0 Å². The van der Waals surface area contributed by atoms with Gasteiger partial charge in [0.25, 0.3) is 0 Å². The zero-order chi connectivity index (χ0) is 19.8. The van der Waals surface area contributed by atoms with E-state index in [0.717, 1.165) is 18.1 Å². The van der Waals surface area contributed by atoms with Crippen LogP contribution in [0.15, 0.2) is 95.0 Å². The average Bonchev–Trinajstić information content (AvgIpc) is 3.35. The van der Waals surface area contributed by atoms with Crippen molar-refractivity contribution in [1.29, 1.82) is 0 Å². The summed E-state index contributed by atoms with van der Waals surface area (Å²) in [5, 5.41) is 10.9. The van der Waals surface area contributed by atoms with Gasteiger partial charge >= 0.3 is 0 Å². The molecule has 0 aliphatic rings. The molecule has 1 aromatic carbocycles. The molecule has 0 unspecified atom stereocenters. The number of rotatable bonds is 11. The van der Waals surface area contributed by atoms with Gasteiger partial charge in [-0.2, -0.15) is 0 Å². The Bertz CT molecular complexity index is 854. The second kappa shape index (κ2) is 9.40. The summed E-state index contributed by atoms with van der Waals surface area (Å²) in [7, 11) is 0. The summed E-state index contributed by atoms with van der Waals surface area (Å²) in [5.41, 5.74) is 0.114. The van der Waals surface area contributed by atoms with E-state index >= 15 is 0 Å². The highest BCUT2D eigenvalue weighted by Gasteiger charge is 2.30. The molecule has 0 radical (unpaired) electrons. The highest BCUT2D eigenvalue weighted by Crippen LogP contribution is 2.31. The third-order valence-electron chi connectivity index (χ3n) is 4.67. The standard InChI is InChI=1S/C24H27NO3/c1-3-14-24(26,15-4-2)23-13-12-22(28-23)19-25(18-21-11-8-16-27-21)17-20-9-6-5-7-10-20/h3-13,16,26H,1-2,14-15,17-19H2. The van der Waals surface area contributed by atoms with E-state index in [2.05, 4.69) is 30.2 Å². The van der Waals surface area contributed by atoms with E-state index < -0.39 is 5.60 Å². The Hall–Kier alpha value is -2.82. The maximum atomic E-state index is 10.9. The Morgan fingerprint density at radius 1 is 0.857 bits per heavy atom. The Kier molecular flexibility index (Phi) is 6.69. The average molecular weight is 377 g/mol. The van der Waals surface area contributed by atoms with Gasteiger partial charge in [0.1, 0.15) is 22.9 Å². The van der Waals surface area contributed by atoms with Crippen molar-refractivity contribution in [2.75, 3.05) is 0 Å². The lowest BCUT2D eigenvalue weighted by Crippen LogP contribution is -2.24. The quantitative estimate of drug-likeness (QED) is 0.454. The molecular weight excluding hydrogens is 350 g/mol. The summed E-state index contributed by atoms with van der Waals surface area (Å²) < 4.78 is 11.6. The van der Waals surface area contributed by atoms with Crippen LogP contribution in [-0.2, 0) is 25.2 Å². The van der Waals surface area contributed by atoms with Crippen LogP contribution in [0.1, 0.15) is 35.7 Å². The fourth-order valence-electron chi connectivity index (χ4n) is 3.33. The molecule has 4 heteroatoms. The van der Waals surface area contributed by atoms with E-state index in [9.17, 15) is 5.11 Å². The van der Waals surface area contributed by atoms with Crippen LogP contribution in [0.2, 0.25) is 0 Å². The SMILES string of the molecule is C=CCC(O)(CC=C)c1ccc(CN(Cc2ccccc2)Cc2ccco2)o1. The van der Waals surface area contributed by atoms with Gasteiger partial charge in [-0.15, -0.1) is 13.2 Å². The molecule has 0 saturated carbocycles. The molecule has 1 N–H and O–H groups in total. The second-order valence-electron chi connectivity index (χ2n) is 6.99. The zero-order valence-corrected chi connectivity index (χ0v) is 16.1. The summed E-state index contributed by atoms with van der Waals surface area (Å²) in [6.45, 7) is 9.52. The molecular formula is C24H27NO3. The Morgan fingerprint density at radius 3 is 2.21 bits per heavy atom. The minimum Gasteiger partial charge on any atom is -0.468 e. The van der Waals surface area contributed by atoms with Crippen molar-refractivity contribution in [3.05, 3.63) is 109 Å². The highest BCUT2D eigenvalue weighted by molar-refractivity contribution is 5.18. The van der Waals surface area contributed by atoms with Crippen LogP contribution in [-0.4, -0.2) is 10.0 Å². The minimum atomic E-state index is -1.10. The van der Waals surface area contributed by atoms with Crippen LogP contribution in [0.3, 0.4) is 0 Å². The molecule has 3 rings (SSSR count).